The number of thiocarbonyl (C=S) groups is 2. The zero-order valence-electron chi connectivity index (χ0n) is 11.3. The first-order valence-electron chi connectivity index (χ1n) is 4.72. The largest absolute Gasteiger partial charge is 1.00 e. The van der Waals surface area contributed by atoms with Gasteiger partial charge in [-0.25, -0.2) is 0 Å². The van der Waals surface area contributed by atoms with Gasteiger partial charge in [0.1, 0.15) is 0 Å². The van der Waals surface area contributed by atoms with Gasteiger partial charge in [0, 0.05) is 19.6 Å². The molecule has 0 aliphatic carbocycles. The van der Waals surface area contributed by atoms with Gasteiger partial charge in [-0.15, -0.1) is 0 Å². The summed E-state index contributed by atoms with van der Waals surface area (Å²) < 4.78 is 0.951. The summed E-state index contributed by atoms with van der Waals surface area (Å²) >= 11 is 19.2. The minimum atomic E-state index is 0. The van der Waals surface area contributed by atoms with Crippen molar-refractivity contribution in [3.8, 4) is 0 Å². The van der Waals surface area contributed by atoms with Gasteiger partial charge in [0.25, 0.3) is 0 Å². The van der Waals surface area contributed by atoms with Crippen LogP contribution in [-0.4, -0.2) is 33.2 Å². The fourth-order valence-electron chi connectivity index (χ4n) is 0.839. The maximum absolute atomic E-state index is 4.89. The average Bonchev–Trinajstić information content (AvgIpc) is 2.18. The van der Waals surface area contributed by atoms with E-state index in [1.54, 1.807) is 0 Å². The number of rotatable bonds is 5. The summed E-state index contributed by atoms with van der Waals surface area (Å²) in [7, 11) is 0. The van der Waals surface area contributed by atoms with Gasteiger partial charge < -0.3 is 65.6 Å². The van der Waals surface area contributed by atoms with E-state index < -0.39 is 0 Å². The standard InChI is InChI=1S/C7H14N2S4.C2H5N.2Na/c1-2-9(7(12)13)5-3-4-8-6(10)11;1-2-3;;/h2-5H2,1H3,(H,12,13)(H2,8,10,11);2H,1,3H2;;/q;;2*+1/p-2. The molecule has 0 saturated carbocycles. The molecule has 0 atom stereocenters. The minimum absolute atomic E-state index is 0. The minimum Gasteiger partial charge on any atom is -0.412 e. The van der Waals surface area contributed by atoms with Gasteiger partial charge >= 0.3 is 59.1 Å². The SMILES string of the molecule is C=CN.CCN(CCCNC(=S)[S-])C(=S)[S-].[Na+].[Na+]. The van der Waals surface area contributed by atoms with Gasteiger partial charge in [-0.05, 0) is 19.5 Å². The topological polar surface area (TPSA) is 41.3 Å². The predicted octanol–water partition coefficient (Wildman–Crippen LogP) is -4.95. The molecule has 0 saturated heterocycles. The van der Waals surface area contributed by atoms with Crippen LogP contribution in [0, 0.1) is 0 Å². The summed E-state index contributed by atoms with van der Waals surface area (Å²) in [4.78, 5) is 1.97. The Balaban J connectivity index is -0.000000177. The van der Waals surface area contributed by atoms with Crippen molar-refractivity contribution in [3.63, 3.8) is 0 Å². The summed E-state index contributed by atoms with van der Waals surface area (Å²) in [6.45, 7) is 7.69. The molecule has 18 heavy (non-hydrogen) atoms. The number of hydrogen-bond donors (Lipinski definition) is 2. The normalized spacial score (nSPS) is 7.39. The Morgan fingerprint density at radius 3 is 2.11 bits per heavy atom. The number of nitrogens with zero attached hydrogens (tertiary/aromatic N) is 1. The molecule has 0 bridgehead atoms. The second-order valence-corrected chi connectivity index (χ2v) is 4.76. The first-order chi connectivity index (χ1) is 7.49. The van der Waals surface area contributed by atoms with Crippen LogP contribution in [0.1, 0.15) is 13.3 Å². The Morgan fingerprint density at radius 2 is 1.83 bits per heavy atom. The van der Waals surface area contributed by atoms with Gasteiger partial charge in [0.2, 0.25) is 0 Å². The Morgan fingerprint density at radius 1 is 1.39 bits per heavy atom. The molecular weight excluding hydrogens is 324 g/mol. The van der Waals surface area contributed by atoms with E-state index in [-0.39, 0.29) is 59.1 Å². The molecule has 3 N–H and O–H groups in total. The van der Waals surface area contributed by atoms with Gasteiger partial charge in [0.05, 0.1) is 0 Å². The third-order valence-corrected chi connectivity index (χ3v) is 2.32. The van der Waals surface area contributed by atoms with Crippen molar-refractivity contribution in [2.75, 3.05) is 19.6 Å². The van der Waals surface area contributed by atoms with Crippen LogP contribution in [0.15, 0.2) is 12.8 Å². The van der Waals surface area contributed by atoms with E-state index in [9.17, 15) is 0 Å². The predicted molar refractivity (Wildman–Crippen MR) is 84.2 cm³/mol. The van der Waals surface area contributed by atoms with Gasteiger partial charge in [0.15, 0.2) is 0 Å². The van der Waals surface area contributed by atoms with Gasteiger partial charge in [-0.3, -0.25) is 0 Å². The zero-order chi connectivity index (χ0) is 13.0. The van der Waals surface area contributed by atoms with Gasteiger partial charge in [-0.2, -0.15) is 0 Å². The number of nitrogens with one attached hydrogen (secondary N) is 1. The van der Waals surface area contributed by atoms with Crippen LogP contribution in [-0.2, 0) is 25.3 Å². The maximum Gasteiger partial charge on any atom is 1.00 e. The van der Waals surface area contributed by atoms with E-state index in [1.807, 2.05) is 11.8 Å². The van der Waals surface area contributed by atoms with E-state index in [0.29, 0.717) is 8.64 Å². The molecule has 9 heteroatoms. The van der Waals surface area contributed by atoms with Crippen molar-refractivity contribution in [1.82, 2.24) is 10.2 Å². The molecule has 3 nitrogen and oxygen atoms in total. The van der Waals surface area contributed by atoms with Crippen LogP contribution >= 0.6 is 24.4 Å². The molecule has 0 heterocycles. The molecule has 0 fully saturated rings. The molecule has 0 aromatic carbocycles. The van der Waals surface area contributed by atoms with E-state index in [4.69, 9.17) is 49.7 Å². The second kappa shape index (κ2) is 21.1. The van der Waals surface area contributed by atoms with Crippen LogP contribution in [0.3, 0.4) is 0 Å². The van der Waals surface area contributed by atoms with Crippen LogP contribution in [0.5, 0.6) is 0 Å². The third-order valence-electron chi connectivity index (χ3n) is 1.51. The first kappa shape index (κ1) is 28.0. The quantitative estimate of drug-likeness (QED) is 0.225. The summed E-state index contributed by atoms with van der Waals surface area (Å²) in [6, 6.07) is 0. The Hall–Kier alpha value is 1.76. The maximum atomic E-state index is 4.89. The van der Waals surface area contributed by atoms with Crippen LogP contribution < -0.4 is 70.2 Å². The molecule has 0 aliphatic rings. The average molecular weight is 342 g/mol. The number of hydrogen-bond acceptors (Lipinski definition) is 5. The monoisotopic (exact) mass is 341 g/mol. The van der Waals surface area contributed by atoms with Crippen molar-refractivity contribution in [1.29, 1.82) is 0 Å². The molecule has 0 aromatic heterocycles. The summed E-state index contributed by atoms with van der Waals surface area (Å²) in [6.07, 6.45) is 2.20. The smallest absolute Gasteiger partial charge is 0.412 e. The molecule has 0 aliphatic heterocycles. The van der Waals surface area contributed by atoms with E-state index >= 15 is 0 Å². The first-order valence-corrected chi connectivity index (χ1v) is 6.36. The van der Waals surface area contributed by atoms with Crippen LogP contribution in [0.4, 0.5) is 0 Å². The Labute approximate surface area is 176 Å². The summed E-state index contributed by atoms with van der Waals surface area (Å²) in [5, 5.41) is 2.91. The molecule has 0 spiro atoms. The fourth-order valence-corrected chi connectivity index (χ4v) is 1.48. The molecule has 0 aromatic rings. The van der Waals surface area contributed by atoms with Crippen molar-refractivity contribution < 1.29 is 59.1 Å². The molecule has 0 amide bonds. The van der Waals surface area contributed by atoms with E-state index in [0.717, 1.165) is 26.1 Å². The van der Waals surface area contributed by atoms with Crippen molar-refractivity contribution in [2.24, 2.45) is 5.73 Å². The molecular formula is C9H17N3Na2S4. The fraction of sp³-hybridized carbons (Fsp3) is 0.556. The number of nitrogens with two attached hydrogens (primary N) is 1. The van der Waals surface area contributed by atoms with Gasteiger partial charge in [-0.1, -0.05) is 15.2 Å². The van der Waals surface area contributed by atoms with Crippen molar-refractivity contribution in [2.45, 2.75) is 13.3 Å². The molecule has 0 radical (unpaired) electrons. The zero-order valence-corrected chi connectivity index (χ0v) is 18.5. The molecule has 0 unspecified atom stereocenters. The Kier molecular flexibility index (Phi) is 32.8. The Bertz CT molecular complexity index is 230. The van der Waals surface area contributed by atoms with Crippen LogP contribution in [0.25, 0.3) is 0 Å². The van der Waals surface area contributed by atoms with E-state index in [2.05, 4.69) is 17.6 Å². The molecule has 0 rings (SSSR count). The summed E-state index contributed by atoms with van der Waals surface area (Å²) in [5.74, 6) is 0. The third kappa shape index (κ3) is 22.9. The molecule has 94 valence electrons. The second-order valence-electron chi connectivity index (χ2n) is 2.65. The van der Waals surface area contributed by atoms with Crippen molar-refractivity contribution in [3.05, 3.63) is 12.8 Å². The van der Waals surface area contributed by atoms with E-state index in [1.165, 1.54) is 6.20 Å². The summed E-state index contributed by atoms with van der Waals surface area (Å²) in [5.41, 5.74) is 4.61. The van der Waals surface area contributed by atoms with Crippen LogP contribution in [0.2, 0.25) is 0 Å². The van der Waals surface area contributed by atoms with Crippen molar-refractivity contribution >= 4 is 58.3 Å².